The summed E-state index contributed by atoms with van der Waals surface area (Å²) in [5.74, 6) is -0.269. The first kappa shape index (κ1) is 21.9. The molecule has 30 heavy (non-hydrogen) atoms. The summed E-state index contributed by atoms with van der Waals surface area (Å²) in [5.41, 5.74) is 1.62. The zero-order chi connectivity index (χ0) is 21.7. The molecule has 2 saturated heterocycles. The van der Waals surface area contributed by atoms with Gasteiger partial charge in [-0.2, -0.15) is 9.40 Å². The van der Waals surface area contributed by atoms with E-state index in [1.807, 2.05) is 18.2 Å². The zero-order valence-corrected chi connectivity index (χ0v) is 17.2. The molecule has 0 spiro atoms. The zero-order valence-electron chi connectivity index (χ0n) is 16.3. The molecule has 2 aliphatic rings. The van der Waals surface area contributed by atoms with E-state index in [1.165, 1.54) is 10.6 Å². The maximum absolute atomic E-state index is 13.1. The fraction of sp³-hybridized carbons (Fsp3) is 0.444. The Morgan fingerprint density at radius 2 is 2.03 bits per heavy atom. The number of amides is 1. The highest BCUT2D eigenvalue weighted by molar-refractivity contribution is 7.88. The molecule has 4 rings (SSSR count). The summed E-state index contributed by atoms with van der Waals surface area (Å²) in [6.45, 7) is 1.56. The van der Waals surface area contributed by atoms with Crippen molar-refractivity contribution in [3.05, 3.63) is 36.2 Å². The van der Waals surface area contributed by atoms with Crippen molar-refractivity contribution in [2.45, 2.75) is 6.04 Å². The number of ether oxygens (including phenoxy) is 1. The first-order valence-electron chi connectivity index (χ1n) is 9.22. The molecule has 11 nitrogen and oxygen atoms in total. The van der Waals surface area contributed by atoms with Crippen LogP contribution in [0.25, 0.3) is 11.4 Å². The van der Waals surface area contributed by atoms with E-state index < -0.39 is 10.0 Å². The lowest BCUT2D eigenvalue weighted by molar-refractivity contribution is -0.122. The number of nitrogens with zero attached hydrogens (tertiary/aromatic N) is 4. The number of hydrogen-bond donors (Lipinski definition) is 2. The van der Waals surface area contributed by atoms with Gasteiger partial charge in [0.25, 0.3) is 12.4 Å². The number of pyridine rings is 1. The molecule has 4 heterocycles. The van der Waals surface area contributed by atoms with E-state index in [0.29, 0.717) is 43.4 Å². The molecule has 1 amide bonds. The van der Waals surface area contributed by atoms with Crippen LogP contribution in [0.2, 0.25) is 0 Å². The molecule has 2 atom stereocenters. The van der Waals surface area contributed by atoms with Crippen molar-refractivity contribution in [2.75, 3.05) is 39.1 Å². The van der Waals surface area contributed by atoms with Crippen LogP contribution in [-0.2, 0) is 19.6 Å². The molecule has 0 radical (unpaired) electrons. The van der Waals surface area contributed by atoms with Crippen molar-refractivity contribution >= 4 is 22.4 Å². The topological polar surface area (TPSA) is 146 Å². The van der Waals surface area contributed by atoms with Gasteiger partial charge in [0.1, 0.15) is 11.4 Å². The second-order valence-electron chi connectivity index (χ2n) is 7.08. The Bertz CT molecular complexity index is 980. The molecular formula is C18H23N5O6S. The van der Waals surface area contributed by atoms with Gasteiger partial charge in [-0.05, 0) is 18.2 Å². The maximum Gasteiger partial charge on any atom is 0.290 e. The van der Waals surface area contributed by atoms with Crippen LogP contribution >= 0.6 is 0 Å². The SMILES string of the molecule is CS(=O)(=O)N1C[C@@H]2COC[C@H](C1)N(C(=O)c1cc(-c3ccccn3)n[nH]1)C2.O=CO. The largest absolute Gasteiger partial charge is 0.483 e. The molecule has 0 saturated carbocycles. The van der Waals surface area contributed by atoms with Gasteiger partial charge in [0.05, 0.1) is 31.2 Å². The second-order valence-corrected chi connectivity index (χ2v) is 9.06. The lowest BCUT2D eigenvalue weighted by atomic mass is 10.1. The third kappa shape index (κ3) is 5.01. The van der Waals surface area contributed by atoms with E-state index >= 15 is 0 Å². The summed E-state index contributed by atoms with van der Waals surface area (Å²) in [7, 11) is -3.33. The summed E-state index contributed by atoms with van der Waals surface area (Å²) in [4.78, 5) is 27.4. The van der Waals surface area contributed by atoms with Crippen LogP contribution in [0.3, 0.4) is 0 Å². The molecule has 0 aromatic carbocycles. The fourth-order valence-electron chi connectivity index (χ4n) is 3.55. The van der Waals surface area contributed by atoms with Gasteiger partial charge in [-0.3, -0.25) is 19.7 Å². The molecule has 162 valence electrons. The van der Waals surface area contributed by atoms with Crippen molar-refractivity contribution < 1.29 is 27.9 Å². The lowest BCUT2D eigenvalue weighted by Gasteiger charge is -2.29. The molecule has 2 fully saturated rings. The number of carboxylic acid groups (broad SMARTS) is 1. The van der Waals surface area contributed by atoms with Crippen molar-refractivity contribution in [3.63, 3.8) is 0 Å². The third-order valence-electron chi connectivity index (χ3n) is 4.90. The number of H-pyrrole nitrogens is 1. The van der Waals surface area contributed by atoms with Crippen LogP contribution in [-0.4, -0.2) is 95.4 Å². The summed E-state index contributed by atoms with van der Waals surface area (Å²) < 4.78 is 31.2. The van der Waals surface area contributed by atoms with Crippen LogP contribution in [0.5, 0.6) is 0 Å². The van der Waals surface area contributed by atoms with Gasteiger partial charge < -0.3 is 14.7 Å². The predicted octanol–water partition coefficient (Wildman–Crippen LogP) is -0.0951. The van der Waals surface area contributed by atoms with Gasteiger partial charge in [-0.1, -0.05) is 6.07 Å². The van der Waals surface area contributed by atoms with Crippen molar-refractivity contribution in [1.82, 2.24) is 24.4 Å². The van der Waals surface area contributed by atoms with E-state index in [0.717, 1.165) is 0 Å². The minimum atomic E-state index is -3.33. The minimum Gasteiger partial charge on any atom is -0.483 e. The second kappa shape index (κ2) is 9.32. The van der Waals surface area contributed by atoms with Crippen LogP contribution in [0, 0.1) is 5.92 Å². The van der Waals surface area contributed by atoms with E-state index in [1.54, 1.807) is 17.2 Å². The van der Waals surface area contributed by atoms with Crippen molar-refractivity contribution in [1.29, 1.82) is 0 Å². The monoisotopic (exact) mass is 437 g/mol. The van der Waals surface area contributed by atoms with Crippen molar-refractivity contribution in [3.8, 4) is 11.4 Å². The summed E-state index contributed by atoms with van der Waals surface area (Å²) in [5, 5.41) is 13.9. The van der Waals surface area contributed by atoms with E-state index in [2.05, 4.69) is 15.2 Å². The highest BCUT2D eigenvalue weighted by atomic mass is 32.2. The number of aromatic amines is 1. The molecule has 2 aromatic rings. The third-order valence-corrected chi connectivity index (χ3v) is 6.14. The Morgan fingerprint density at radius 3 is 2.70 bits per heavy atom. The highest BCUT2D eigenvalue weighted by Crippen LogP contribution is 2.24. The highest BCUT2D eigenvalue weighted by Gasteiger charge is 2.39. The number of sulfonamides is 1. The first-order chi connectivity index (χ1) is 14.3. The molecule has 0 aliphatic carbocycles. The van der Waals surface area contributed by atoms with Crippen LogP contribution in [0.1, 0.15) is 10.5 Å². The maximum atomic E-state index is 13.1. The predicted molar refractivity (Wildman–Crippen MR) is 106 cm³/mol. The summed E-state index contributed by atoms with van der Waals surface area (Å²) in [6, 6.07) is 6.83. The van der Waals surface area contributed by atoms with Crippen LogP contribution in [0.15, 0.2) is 30.5 Å². The smallest absolute Gasteiger partial charge is 0.290 e. The Labute approximate surface area is 173 Å². The van der Waals surface area contributed by atoms with E-state index in [-0.39, 0.29) is 30.9 Å². The molecular weight excluding hydrogens is 414 g/mol. The molecule has 0 unspecified atom stereocenters. The Hall–Kier alpha value is -2.83. The number of carbonyl (C=O) groups is 2. The minimum absolute atomic E-state index is 0.0608. The average Bonchev–Trinajstić information content (AvgIpc) is 3.00. The molecule has 2 aromatic heterocycles. The quantitative estimate of drug-likeness (QED) is 0.633. The number of nitrogens with one attached hydrogen (secondary N) is 1. The summed E-state index contributed by atoms with van der Waals surface area (Å²) >= 11 is 0. The van der Waals surface area contributed by atoms with Crippen LogP contribution in [0.4, 0.5) is 0 Å². The summed E-state index contributed by atoms with van der Waals surface area (Å²) in [6.07, 6.45) is 2.87. The van der Waals surface area contributed by atoms with Gasteiger partial charge in [0.15, 0.2) is 0 Å². The normalized spacial score (nSPS) is 21.8. The number of hydrogen-bond acceptors (Lipinski definition) is 7. The fourth-order valence-corrected chi connectivity index (χ4v) is 4.48. The van der Waals surface area contributed by atoms with Gasteiger partial charge >= 0.3 is 0 Å². The molecule has 2 N–H and O–H groups in total. The van der Waals surface area contributed by atoms with Crippen molar-refractivity contribution in [2.24, 2.45) is 5.92 Å². The van der Waals surface area contributed by atoms with E-state index in [4.69, 9.17) is 14.6 Å². The first-order valence-corrected chi connectivity index (χ1v) is 11.1. The van der Waals surface area contributed by atoms with E-state index in [9.17, 15) is 13.2 Å². The van der Waals surface area contributed by atoms with Gasteiger partial charge in [0, 0.05) is 31.7 Å². The Morgan fingerprint density at radius 1 is 1.27 bits per heavy atom. The lowest BCUT2D eigenvalue weighted by Crippen LogP contribution is -2.47. The Balaban J connectivity index is 0.000000806. The van der Waals surface area contributed by atoms with Gasteiger partial charge in [-0.15, -0.1) is 0 Å². The molecule has 12 heteroatoms. The standard InChI is InChI=1S/C17H21N5O4S.CH2O2/c1-27(24,25)21-7-12-8-22(13(9-21)11-26-10-12)17(23)16-6-15(19-20-16)14-4-2-3-5-18-14;2-1-3/h2-6,12-13H,7-11H2,1H3,(H,19,20);1H,(H,2,3)/t12-,13-;/m0./s1. The van der Waals surface area contributed by atoms with Gasteiger partial charge in [0.2, 0.25) is 10.0 Å². The average molecular weight is 437 g/mol. The van der Waals surface area contributed by atoms with Gasteiger partial charge in [-0.25, -0.2) is 8.42 Å². The molecule has 2 bridgehead atoms. The molecule has 2 aliphatic heterocycles. The number of aromatic nitrogens is 3. The number of rotatable bonds is 3. The number of carbonyl (C=O) groups excluding carboxylic acids is 1. The number of fused-ring (bicyclic) bond motifs is 3. The Kier molecular flexibility index (Phi) is 6.80. The van der Waals surface area contributed by atoms with Crippen LogP contribution < -0.4 is 0 Å².